The Bertz CT molecular complexity index is 146. The van der Waals surface area contributed by atoms with Gasteiger partial charge in [0.25, 0.3) is 0 Å². The van der Waals surface area contributed by atoms with E-state index in [-0.39, 0.29) is 0 Å². The summed E-state index contributed by atoms with van der Waals surface area (Å²) in [4.78, 5) is 0. The summed E-state index contributed by atoms with van der Waals surface area (Å²) < 4.78 is 2.21. The van der Waals surface area contributed by atoms with Gasteiger partial charge < -0.3 is 0 Å². The van der Waals surface area contributed by atoms with Gasteiger partial charge >= 0.3 is 64.9 Å². The molecule has 0 saturated heterocycles. The molecular formula is C7H10LiN. The summed E-state index contributed by atoms with van der Waals surface area (Å²) in [6.45, 7) is 1.17. The molecule has 0 fully saturated rings. The maximum absolute atomic E-state index is 2.21. The second-order valence-corrected chi connectivity index (χ2v) is 2.27. The molecule has 1 aromatic heterocycles. The second kappa shape index (κ2) is 3.82. The van der Waals surface area contributed by atoms with Crippen LogP contribution >= 0.6 is 0 Å². The van der Waals surface area contributed by atoms with Crippen molar-refractivity contribution in [2.24, 2.45) is 0 Å². The topological polar surface area (TPSA) is 4.93 Å². The van der Waals surface area contributed by atoms with E-state index in [1.165, 1.54) is 18.1 Å². The number of rotatable bonds is 3. The normalized spacial score (nSPS) is 10.0. The Balaban J connectivity index is 2.30. The zero-order valence-electron chi connectivity index (χ0n) is 5.88. The van der Waals surface area contributed by atoms with Gasteiger partial charge in [0.05, 0.1) is 0 Å². The summed E-state index contributed by atoms with van der Waals surface area (Å²) >= 11 is 2.21. The van der Waals surface area contributed by atoms with Gasteiger partial charge in [0.15, 0.2) is 0 Å². The van der Waals surface area contributed by atoms with Crippen molar-refractivity contribution in [3.63, 3.8) is 0 Å². The first-order valence-electron chi connectivity index (χ1n) is 3.54. The van der Waals surface area contributed by atoms with Gasteiger partial charge in [0.2, 0.25) is 0 Å². The molecule has 0 N–H and O–H groups in total. The molecule has 2 heteroatoms. The SMILES string of the molecule is [Li][CH2]CCn1cccc1. The van der Waals surface area contributed by atoms with E-state index >= 15 is 0 Å². The Hall–Kier alpha value is -0.123. The molecule has 0 atom stereocenters. The van der Waals surface area contributed by atoms with Gasteiger partial charge in [-0.3, -0.25) is 0 Å². The molecule has 1 rings (SSSR count). The Kier molecular flexibility index (Phi) is 2.97. The molecule has 0 amide bonds. The second-order valence-electron chi connectivity index (χ2n) is 2.27. The van der Waals surface area contributed by atoms with Crippen LogP contribution in [0, 0.1) is 0 Å². The van der Waals surface area contributed by atoms with E-state index in [1.807, 2.05) is 0 Å². The molecule has 0 unspecified atom stereocenters. The minimum absolute atomic E-state index is 1.17. The fourth-order valence-electron chi connectivity index (χ4n) is 0.860. The van der Waals surface area contributed by atoms with Crippen LogP contribution in [0.4, 0.5) is 0 Å². The number of aryl methyl sites for hydroxylation is 1. The van der Waals surface area contributed by atoms with E-state index in [0.717, 1.165) is 0 Å². The Morgan fingerprint density at radius 1 is 1.22 bits per heavy atom. The number of hydrogen-bond donors (Lipinski definition) is 0. The molecule has 9 heavy (non-hydrogen) atoms. The van der Waals surface area contributed by atoms with Crippen molar-refractivity contribution in [3.8, 4) is 0 Å². The van der Waals surface area contributed by atoms with E-state index in [4.69, 9.17) is 0 Å². The van der Waals surface area contributed by atoms with Crippen LogP contribution in [0.15, 0.2) is 24.5 Å². The third-order valence-corrected chi connectivity index (χ3v) is 1.44. The molecule has 0 radical (unpaired) electrons. The van der Waals surface area contributed by atoms with Crippen LogP contribution in [0.1, 0.15) is 6.42 Å². The monoisotopic (exact) mass is 115 g/mol. The van der Waals surface area contributed by atoms with Crippen molar-refractivity contribution < 1.29 is 0 Å². The molecule has 0 spiro atoms. The number of nitrogens with zero attached hydrogens (tertiary/aromatic N) is 1. The van der Waals surface area contributed by atoms with Crippen LogP contribution < -0.4 is 0 Å². The molecule has 1 nitrogen and oxygen atoms in total. The first kappa shape index (κ1) is 6.99. The van der Waals surface area contributed by atoms with E-state index in [2.05, 4.69) is 46.8 Å². The summed E-state index contributed by atoms with van der Waals surface area (Å²) in [6.07, 6.45) is 5.50. The third kappa shape index (κ3) is 2.30. The van der Waals surface area contributed by atoms with Gasteiger partial charge in [-0.1, -0.05) is 0 Å². The summed E-state index contributed by atoms with van der Waals surface area (Å²) in [5.41, 5.74) is 0. The molecule has 0 bridgehead atoms. The molecule has 44 valence electrons. The molecule has 0 aromatic carbocycles. The summed E-state index contributed by atoms with van der Waals surface area (Å²) in [5.74, 6) is 0. The van der Waals surface area contributed by atoms with Gasteiger partial charge in [-0.2, -0.15) is 0 Å². The molecular weight excluding hydrogens is 105 g/mol. The van der Waals surface area contributed by atoms with Crippen molar-refractivity contribution in [1.82, 2.24) is 4.57 Å². The van der Waals surface area contributed by atoms with Gasteiger partial charge in [0.1, 0.15) is 0 Å². The van der Waals surface area contributed by atoms with Crippen LogP contribution in [0.5, 0.6) is 0 Å². The van der Waals surface area contributed by atoms with Gasteiger partial charge in [0, 0.05) is 0 Å². The van der Waals surface area contributed by atoms with Crippen molar-refractivity contribution in [2.75, 3.05) is 0 Å². The first-order valence-corrected chi connectivity index (χ1v) is 3.54. The zero-order valence-corrected chi connectivity index (χ0v) is 5.88. The zero-order chi connectivity index (χ0) is 6.53. The van der Waals surface area contributed by atoms with Gasteiger partial charge in [-0.25, -0.2) is 0 Å². The molecule has 0 saturated carbocycles. The van der Waals surface area contributed by atoms with Crippen molar-refractivity contribution >= 4 is 17.7 Å². The molecule has 1 aromatic rings. The summed E-state index contributed by atoms with van der Waals surface area (Å²) in [6, 6.07) is 4.13. The standard InChI is InChI=1S/C7H10N.Li/c1-2-5-8-6-3-4-7-8;/h3-4,6-7H,1-2,5H2;. The van der Waals surface area contributed by atoms with Crippen LogP contribution in [0.3, 0.4) is 0 Å². The number of hydrogen-bond acceptors (Lipinski definition) is 0. The van der Waals surface area contributed by atoms with Crippen molar-refractivity contribution in [3.05, 3.63) is 24.5 Å². The third-order valence-electron chi connectivity index (χ3n) is 1.44. The van der Waals surface area contributed by atoms with E-state index in [9.17, 15) is 0 Å². The predicted molar refractivity (Wildman–Crippen MR) is 39.6 cm³/mol. The predicted octanol–water partition coefficient (Wildman–Crippen LogP) is 1.46. The fraction of sp³-hybridized carbons (Fsp3) is 0.429. The molecule has 0 aliphatic carbocycles. The minimum atomic E-state index is 1.17. The molecule has 0 aliphatic rings. The Morgan fingerprint density at radius 3 is 2.44 bits per heavy atom. The maximum atomic E-state index is 2.21. The van der Waals surface area contributed by atoms with E-state index in [0.29, 0.717) is 0 Å². The Labute approximate surface area is 65.3 Å². The van der Waals surface area contributed by atoms with Gasteiger partial charge in [-0.05, 0) is 0 Å². The molecule has 1 heterocycles. The van der Waals surface area contributed by atoms with Gasteiger partial charge in [-0.15, -0.1) is 0 Å². The quantitative estimate of drug-likeness (QED) is 0.525. The van der Waals surface area contributed by atoms with Crippen LogP contribution in [0.25, 0.3) is 0 Å². The van der Waals surface area contributed by atoms with Crippen LogP contribution in [-0.4, -0.2) is 22.3 Å². The van der Waals surface area contributed by atoms with E-state index in [1.54, 1.807) is 0 Å². The van der Waals surface area contributed by atoms with E-state index < -0.39 is 0 Å². The Morgan fingerprint density at radius 2 is 1.89 bits per heavy atom. The van der Waals surface area contributed by atoms with Crippen LogP contribution in [-0.2, 0) is 6.54 Å². The molecule has 0 aliphatic heterocycles. The summed E-state index contributed by atoms with van der Waals surface area (Å²) in [7, 11) is 0. The van der Waals surface area contributed by atoms with Crippen molar-refractivity contribution in [2.45, 2.75) is 18.1 Å². The summed E-state index contributed by atoms with van der Waals surface area (Å²) in [5, 5.41) is 1.28. The van der Waals surface area contributed by atoms with Crippen molar-refractivity contribution in [1.29, 1.82) is 0 Å². The van der Waals surface area contributed by atoms with Crippen LogP contribution in [0.2, 0.25) is 5.09 Å². The average molecular weight is 115 g/mol. The first-order chi connectivity index (χ1) is 4.43. The average Bonchev–Trinajstić information content (AvgIpc) is 2.34. The fourth-order valence-corrected chi connectivity index (χ4v) is 0.860. The number of aromatic nitrogens is 1.